The molecule has 1 aliphatic heterocycles. The molecule has 1 aliphatic rings. The fraction of sp³-hybridized carbons (Fsp3) is 0.688. The van der Waals surface area contributed by atoms with Crippen molar-refractivity contribution in [1.82, 2.24) is 21.3 Å². The van der Waals surface area contributed by atoms with Crippen molar-refractivity contribution in [2.45, 2.75) is 63.7 Å². The Kier molecular flexibility index (Phi) is 8.66. The molecule has 11 heteroatoms. The molecule has 0 radical (unpaired) electrons. The third kappa shape index (κ3) is 7.60. The van der Waals surface area contributed by atoms with Crippen molar-refractivity contribution in [3.05, 3.63) is 0 Å². The number of carbonyl (C=O) groups excluding carboxylic acids is 3. The first kappa shape index (κ1) is 22.4. The van der Waals surface area contributed by atoms with Crippen LogP contribution in [-0.4, -0.2) is 70.6 Å². The molecule has 0 aromatic heterocycles. The Labute approximate surface area is 156 Å². The van der Waals surface area contributed by atoms with Crippen LogP contribution < -0.4 is 21.3 Å². The van der Waals surface area contributed by atoms with Crippen LogP contribution in [0.4, 0.5) is 0 Å². The number of hydrogen-bond acceptors (Lipinski definition) is 6. The first-order valence-electron chi connectivity index (χ1n) is 8.71. The summed E-state index contributed by atoms with van der Waals surface area (Å²) in [5, 5.41) is 27.8. The van der Waals surface area contributed by atoms with Crippen molar-refractivity contribution in [2.75, 3.05) is 6.54 Å². The second kappa shape index (κ2) is 10.5. The predicted molar refractivity (Wildman–Crippen MR) is 92.7 cm³/mol. The lowest BCUT2D eigenvalue weighted by Gasteiger charge is -2.21. The maximum atomic E-state index is 12.1. The van der Waals surface area contributed by atoms with Gasteiger partial charge < -0.3 is 31.5 Å². The predicted octanol–water partition coefficient (Wildman–Crippen LogP) is -1.82. The second-order valence-corrected chi connectivity index (χ2v) is 6.44. The Bertz CT molecular complexity index is 589. The highest BCUT2D eigenvalue weighted by molar-refractivity contribution is 5.93. The van der Waals surface area contributed by atoms with Crippen LogP contribution in [0.2, 0.25) is 0 Å². The molecule has 3 amide bonds. The van der Waals surface area contributed by atoms with Gasteiger partial charge in [0.1, 0.15) is 18.1 Å². The van der Waals surface area contributed by atoms with Gasteiger partial charge in [-0.15, -0.1) is 0 Å². The van der Waals surface area contributed by atoms with E-state index in [1.54, 1.807) is 0 Å². The van der Waals surface area contributed by atoms with Crippen LogP contribution in [0.1, 0.15) is 39.5 Å². The Morgan fingerprint density at radius 2 is 1.59 bits per heavy atom. The quantitative estimate of drug-likeness (QED) is 0.254. The fourth-order valence-electron chi connectivity index (χ4n) is 2.51. The van der Waals surface area contributed by atoms with Crippen molar-refractivity contribution in [1.29, 1.82) is 0 Å². The molecule has 0 bridgehead atoms. The maximum Gasteiger partial charge on any atom is 0.326 e. The minimum Gasteiger partial charge on any atom is -0.481 e. The number of hydrogen-bond donors (Lipinski definition) is 6. The lowest BCUT2D eigenvalue weighted by Crippen LogP contribution is -2.55. The van der Waals surface area contributed by atoms with Gasteiger partial charge in [-0.05, 0) is 39.7 Å². The number of rotatable bonds is 10. The zero-order valence-corrected chi connectivity index (χ0v) is 15.3. The van der Waals surface area contributed by atoms with Crippen LogP contribution in [-0.2, 0) is 24.0 Å². The Morgan fingerprint density at radius 1 is 1.00 bits per heavy atom. The average molecular weight is 386 g/mol. The molecule has 1 rings (SSSR count). The molecule has 0 saturated carbocycles. The van der Waals surface area contributed by atoms with Gasteiger partial charge in [-0.25, -0.2) is 4.79 Å². The van der Waals surface area contributed by atoms with Crippen LogP contribution in [0.5, 0.6) is 0 Å². The van der Waals surface area contributed by atoms with Gasteiger partial charge in [0.15, 0.2) is 0 Å². The van der Waals surface area contributed by atoms with Crippen LogP contribution >= 0.6 is 0 Å². The molecule has 1 saturated heterocycles. The van der Waals surface area contributed by atoms with Crippen LogP contribution in [0.3, 0.4) is 0 Å². The number of nitrogens with one attached hydrogen (secondary N) is 4. The molecule has 1 heterocycles. The highest BCUT2D eigenvalue weighted by Crippen LogP contribution is 2.05. The van der Waals surface area contributed by atoms with Gasteiger partial charge in [-0.1, -0.05) is 0 Å². The fourth-order valence-corrected chi connectivity index (χ4v) is 2.51. The monoisotopic (exact) mass is 386 g/mol. The lowest BCUT2D eigenvalue weighted by molar-refractivity contribution is -0.143. The molecule has 0 unspecified atom stereocenters. The topological polar surface area (TPSA) is 174 Å². The van der Waals surface area contributed by atoms with Crippen molar-refractivity contribution in [2.24, 2.45) is 0 Å². The van der Waals surface area contributed by atoms with Gasteiger partial charge in [0.25, 0.3) is 0 Å². The van der Waals surface area contributed by atoms with E-state index in [2.05, 4.69) is 21.3 Å². The summed E-state index contributed by atoms with van der Waals surface area (Å²) in [6.07, 6.45) is 0.864. The van der Waals surface area contributed by atoms with E-state index in [-0.39, 0.29) is 18.4 Å². The number of aliphatic carboxylic acids is 2. The molecule has 152 valence electrons. The van der Waals surface area contributed by atoms with E-state index < -0.39 is 48.3 Å². The third-order valence-electron chi connectivity index (χ3n) is 4.14. The number of amides is 3. The van der Waals surface area contributed by atoms with E-state index in [1.165, 1.54) is 13.8 Å². The van der Waals surface area contributed by atoms with E-state index in [1.807, 2.05) is 0 Å². The van der Waals surface area contributed by atoms with Crippen LogP contribution in [0.15, 0.2) is 0 Å². The van der Waals surface area contributed by atoms with E-state index in [4.69, 9.17) is 10.2 Å². The molecule has 6 N–H and O–H groups in total. The highest BCUT2D eigenvalue weighted by Gasteiger charge is 2.28. The molecule has 27 heavy (non-hydrogen) atoms. The van der Waals surface area contributed by atoms with Crippen LogP contribution in [0.25, 0.3) is 0 Å². The molecule has 1 fully saturated rings. The summed E-state index contributed by atoms with van der Waals surface area (Å²) in [6.45, 7) is 3.57. The smallest absolute Gasteiger partial charge is 0.326 e. The largest absolute Gasteiger partial charge is 0.481 e. The van der Waals surface area contributed by atoms with Crippen LogP contribution in [0, 0.1) is 0 Å². The summed E-state index contributed by atoms with van der Waals surface area (Å²) >= 11 is 0. The van der Waals surface area contributed by atoms with Crippen molar-refractivity contribution >= 4 is 29.7 Å². The molecule has 0 aliphatic carbocycles. The molecular weight excluding hydrogens is 360 g/mol. The van der Waals surface area contributed by atoms with E-state index in [0.29, 0.717) is 6.42 Å². The van der Waals surface area contributed by atoms with Gasteiger partial charge in [0.2, 0.25) is 17.7 Å². The number of carbonyl (C=O) groups is 5. The van der Waals surface area contributed by atoms with Crippen molar-refractivity contribution in [3.8, 4) is 0 Å². The molecule has 4 atom stereocenters. The average Bonchev–Trinajstić information content (AvgIpc) is 3.12. The molecule has 11 nitrogen and oxygen atoms in total. The Morgan fingerprint density at radius 3 is 2.11 bits per heavy atom. The summed E-state index contributed by atoms with van der Waals surface area (Å²) in [4.78, 5) is 57.8. The number of carboxylic acid groups (broad SMARTS) is 2. The summed E-state index contributed by atoms with van der Waals surface area (Å²) in [5.41, 5.74) is 0. The zero-order valence-electron chi connectivity index (χ0n) is 15.3. The standard InChI is InChI=1S/C16H26N4O7/c1-8(19-15(25)10-4-3-7-17-10)13(23)18-9(2)14(24)20-11(16(26)27)5-6-12(21)22/h8-11,17H,3-7H2,1-2H3,(H,18,23)(H,19,25)(H,20,24)(H,21,22)(H,26,27)/t8-,9-,10-,11-/m0/s1. The van der Waals surface area contributed by atoms with Crippen molar-refractivity contribution < 1.29 is 34.2 Å². The van der Waals surface area contributed by atoms with Gasteiger partial charge in [0, 0.05) is 6.42 Å². The molecule has 0 aromatic carbocycles. The lowest BCUT2D eigenvalue weighted by atomic mass is 10.1. The Hall–Kier alpha value is -2.69. The molecule has 0 spiro atoms. The van der Waals surface area contributed by atoms with E-state index in [9.17, 15) is 24.0 Å². The van der Waals surface area contributed by atoms with E-state index >= 15 is 0 Å². The zero-order chi connectivity index (χ0) is 20.6. The molecular formula is C16H26N4O7. The summed E-state index contributed by atoms with van der Waals surface area (Å²) in [6, 6.07) is -3.66. The summed E-state index contributed by atoms with van der Waals surface area (Å²) < 4.78 is 0. The highest BCUT2D eigenvalue weighted by atomic mass is 16.4. The third-order valence-corrected chi connectivity index (χ3v) is 4.14. The number of carboxylic acids is 2. The Balaban J connectivity index is 2.49. The van der Waals surface area contributed by atoms with Crippen molar-refractivity contribution in [3.63, 3.8) is 0 Å². The van der Waals surface area contributed by atoms with Gasteiger partial charge in [-0.2, -0.15) is 0 Å². The van der Waals surface area contributed by atoms with E-state index in [0.717, 1.165) is 13.0 Å². The second-order valence-electron chi connectivity index (χ2n) is 6.44. The normalized spacial score (nSPS) is 19.4. The minimum absolute atomic E-state index is 0.280. The first-order chi connectivity index (χ1) is 12.6. The summed E-state index contributed by atoms with van der Waals surface area (Å²) in [7, 11) is 0. The van der Waals surface area contributed by atoms with Gasteiger partial charge in [-0.3, -0.25) is 19.2 Å². The summed E-state index contributed by atoms with van der Waals surface area (Å²) in [5.74, 6) is -4.21. The maximum absolute atomic E-state index is 12.1. The molecule has 0 aromatic rings. The minimum atomic E-state index is -1.38. The SMILES string of the molecule is C[C@H](NC(=O)[C@H](C)NC(=O)[C@@H]1CCCN1)C(=O)N[C@@H](CCC(=O)O)C(=O)O. The van der Waals surface area contributed by atoms with Gasteiger partial charge in [0.05, 0.1) is 6.04 Å². The van der Waals surface area contributed by atoms with Gasteiger partial charge >= 0.3 is 11.9 Å². The first-order valence-corrected chi connectivity index (χ1v) is 8.71.